The third kappa shape index (κ3) is 11.5. The average molecular weight is 785 g/mol. The molecule has 4 aromatic rings. The summed E-state index contributed by atoms with van der Waals surface area (Å²) >= 11 is 0. The van der Waals surface area contributed by atoms with Gasteiger partial charge in [-0.25, -0.2) is 0 Å². The molecule has 304 valence electrons. The number of nitrogens with zero attached hydrogens (tertiary/aromatic N) is 2. The van der Waals surface area contributed by atoms with Crippen LogP contribution < -0.4 is 20.1 Å². The van der Waals surface area contributed by atoms with E-state index in [1.165, 1.54) is 9.80 Å². The molecule has 0 saturated carbocycles. The van der Waals surface area contributed by atoms with Crippen molar-refractivity contribution in [3.05, 3.63) is 156 Å². The molecule has 4 aromatic carbocycles. The molecule has 0 saturated heterocycles. The zero-order valence-electron chi connectivity index (χ0n) is 34.3. The lowest BCUT2D eigenvalue weighted by Gasteiger charge is -2.28. The third-order valence-corrected chi connectivity index (χ3v) is 10.5. The molecule has 2 N–H and O–H groups in total. The number of hydrogen-bond donors (Lipinski definition) is 2. The first-order valence-electron chi connectivity index (χ1n) is 20.0. The highest BCUT2D eigenvalue weighted by Gasteiger charge is 2.29. The van der Waals surface area contributed by atoms with Gasteiger partial charge in [0, 0.05) is 26.9 Å². The minimum atomic E-state index is -0.619. The maximum atomic E-state index is 13.1. The highest BCUT2D eigenvalue weighted by Crippen LogP contribution is 2.26. The van der Waals surface area contributed by atoms with Gasteiger partial charge in [0.05, 0.1) is 35.4 Å². The number of benzene rings is 4. The van der Waals surface area contributed by atoms with Crippen molar-refractivity contribution in [1.29, 1.82) is 0 Å². The molecule has 0 aliphatic carbocycles. The van der Waals surface area contributed by atoms with Gasteiger partial charge in [-0.1, -0.05) is 109 Å². The second kappa shape index (κ2) is 20.8. The molecule has 2 aliphatic rings. The first kappa shape index (κ1) is 43.0. The van der Waals surface area contributed by atoms with Crippen molar-refractivity contribution < 1.29 is 28.7 Å². The molecule has 58 heavy (non-hydrogen) atoms. The van der Waals surface area contributed by atoms with E-state index in [0.717, 1.165) is 11.1 Å². The molecule has 0 spiro atoms. The molecular formula is C48H56N4O6. The molecule has 0 fully saturated rings. The summed E-state index contributed by atoms with van der Waals surface area (Å²) in [7, 11) is 3.30. The van der Waals surface area contributed by atoms with Gasteiger partial charge in [0.1, 0.15) is 23.6 Å². The van der Waals surface area contributed by atoms with Gasteiger partial charge in [0.25, 0.3) is 11.8 Å². The Balaban J connectivity index is 0.000000221. The molecule has 6 rings (SSSR count). The highest BCUT2D eigenvalue weighted by atomic mass is 16.5. The zero-order valence-corrected chi connectivity index (χ0v) is 34.3. The van der Waals surface area contributed by atoms with Crippen molar-refractivity contribution in [2.75, 3.05) is 14.1 Å². The fourth-order valence-electron chi connectivity index (χ4n) is 6.66. The van der Waals surface area contributed by atoms with Crippen molar-refractivity contribution in [3.63, 3.8) is 0 Å². The number of fused-ring (bicyclic) bond motifs is 2. The summed E-state index contributed by atoms with van der Waals surface area (Å²) in [5.41, 5.74) is 2.99. The smallest absolute Gasteiger partial charge is 0.258 e. The van der Waals surface area contributed by atoms with Crippen molar-refractivity contribution >= 4 is 23.6 Å². The van der Waals surface area contributed by atoms with Gasteiger partial charge >= 0.3 is 0 Å². The number of amides is 4. The van der Waals surface area contributed by atoms with Gasteiger partial charge in [-0.2, -0.15) is 0 Å². The molecular weight excluding hydrogens is 729 g/mol. The predicted octanol–water partition coefficient (Wildman–Crippen LogP) is 8.24. The number of para-hydroxylation sites is 2. The van der Waals surface area contributed by atoms with Crippen LogP contribution in [0.4, 0.5) is 0 Å². The normalized spacial score (nSPS) is 24.7. The molecule has 10 nitrogen and oxygen atoms in total. The second-order valence-electron chi connectivity index (χ2n) is 14.9. The van der Waals surface area contributed by atoms with Crippen LogP contribution >= 0.6 is 0 Å². The number of nitrogens with one attached hydrogen (secondary N) is 2. The van der Waals surface area contributed by atoms with Crippen LogP contribution in [0.2, 0.25) is 0 Å². The number of rotatable bonds is 2. The van der Waals surface area contributed by atoms with Gasteiger partial charge < -0.3 is 29.9 Å². The number of carbonyl (C=O) groups excluding carboxylic acids is 4. The van der Waals surface area contributed by atoms with Crippen molar-refractivity contribution in [2.45, 2.75) is 89.8 Å². The van der Waals surface area contributed by atoms with E-state index < -0.39 is 12.1 Å². The molecule has 0 bridgehead atoms. The van der Waals surface area contributed by atoms with Gasteiger partial charge in [0.2, 0.25) is 11.8 Å². The minimum Gasteiger partial charge on any atom is -0.490 e. The summed E-state index contributed by atoms with van der Waals surface area (Å²) in [4.78, 5) is 54.9. The molecule has 0 radical (unpaired) electrons. The fraction of sp³-hybridized carbons (Fsp3) is 0.333. The van der Waals surface area contributed by atoms with E-state index in [1.54, 1.807) is 64.3 Å². The van der Waals surface area contributed by atoms with Gasteiger partial charge in [-0.15, -0.1) is 0 Å². The van der Waals surface area contributed by atoms with Crippen molar-refractivity contribution in [1.82, 2.24) is 20.4 Å². The van der Waals surface area contributed by atoms with Crippen LogP contribution in [0.5, 0.6) is 11.5 Å². The molecule has 2 aliphatic heterocycles. The maximum absolute atomic E-state index is 13.1. The monoisotopic (exact) mass is 784 g/mol. The summed E-state index contributed by atoms with van der Waals surface area (Å²) in [5, 5.41) is 6.22. The maximum Gasteiger partial charge on any atom is 0.258 e. The van der Waals surface area contributed by atoms with E-state index in [4.69, 9.17) is 9.47 Å². The number of hydrogen-bond acceptors (Lipinski definition) is 6. The van der Waals surface area contributed by atoms with Crippen LogP contribution in [-0.2, 0) is 9.59 Å². The number of likely N-dealkylation sites (N-methyl/N-ethyl adjacent to an activating group) is 2. The third-order valence-electron chi connectivity index (χ3n) is 10.5. The van der Waals surface area contributed by atoms with Gasteiger partial charge in [-0.05, 0) is 75.9 Å². The molecule has 0 unspecified atom stereocenters. The number of ether oxygens (including phenoxy) is 2. The summed E-state index contributed by atoms with van der Waals surface area (Å²) in [5.74, 6) is 0.228. The minimum absolute atomic E-state index is 0.0735. The predicted molar refractivity (Wildman–Crippen MR) is 228 cm³/mol. The topological polar surface area (TPSA) is 117 Å². The summed E-state index contributed by atoms with van der Waals surface area (Å²) in [6.07, 6.45) is 10.9. The van der Waals surface area contributed by atoms with Crippen LogP contribution in [0, 0.1) is 0 Å². The standard InChI is InChI=1S/2C24H28N2O3/c2*1-17-11-7-9-15-21(19-12-5-4-6-13-19)25-23(27)18(2)26(3)24(28)20-14-8-10-16-22(20)29-17/h2*4-10,12-14,16-18,21H,11,15H2,1-3H3,(H,25,27)/b9-7+;9-7-/t2*17-,18+,21+/m11/s1. The van der Waals surface area contributed by atoms with Crippen molar-refractivity contribution in [2.24, 2.45) is 0 Å². The Morgan fingerprint density at radius 2 is 0.793 bits per heavy atom. The first-order chi connectivity index (χ1) is 27.9. The Hall–Kier alpha value is -6.16. The van der Waals surface area contributed by atoms with Crippen LogP contribution in [0.1, 0.15) is 97.3 Å². The van der Waals surface area contributed by atoms with Gasteiger partial charge in [0.15, 0.2) is 0 Å². The van der Waals surface area contributed by atoms with Crippen LogP contribution in [0.15, 0.2) is 133 Å². The van der Waals surface area contributed by atoms with Gasteiger partial charge in [-0.3, -0.25) is 19.2 Å². The quantitative estimate of drug-likeness (QED) is 0.198. The first-order valence-corrected chi connectivity index (χ1v) is 20.0. The lowest BCUT2D eigenvalue weighted by atomic mass is 10.0. The fourth-order valence-corrected chi connectivity index (χ4v) is 6.66. The lowest BCUT2D eigenvalue weighted by molar-refractivity contribution is -0.126. The van der Waals surface area contributed by atoms with E-state index in [9.17, 15) is 19.2 Å². The Labute approximate surface area is 342 Å². The van der Waals surface area contributed by atoms with E-state index in [-0.39, 0.29) is 47.9 Å². The van der Waals surface area contributed by atoms with E-state index >= 15 is 0 Å². The Bertz CT molecular complexity index is 1900. The molecule has 4 amide bonds. The average Bonchev–Trinajstić information content (AvgIpc) is 3.24. The molecule has 10 heteroatoms. The molecule has 6 atom stereocenters. The summed E-state index contributed by atoms with van der Waals surface area (Å²) in [6, 6.07) is 32.6. The summed E-state index contributed by atoms with van der Waals surface area (Å²) < 4.78 is 12.1. The highest BCUT2D eigenvalue weighted by molar-refractivity contribution is 6.00. The van der Waals surface area contributed by atoms with Crippen LogP contribution in [-0.4, -0.2) is 71.8 Å². The van der Waals surface area contributed by atoms with E-state index in [0.29, 0.717) is 48.3 Å². The largest absolute Gasteiger partial charge is 0.490 e. The van der Waals surface area contributed by atoms with Crippen LogP contribution in [0.3, 0.4) is 0 Å². The molecule has 2 heterocycles. The SMILES string of the molecule is C[C@@H]1C/C=C/C[C@@H](c2ccccc2)NC(=O)[C@H](C)N(C)C(=O)c2ccccc2O1.C[C@@H]1C/C=C\C[C@@H](c2ccccc2)NC(=O)[C@H](C)N(C)C(=O)c2ccccc2O1. The Kier molecular flexibility index (Phi) is 15.4. The van der Waals surface area contributed by atoms with Crippen LogP contribution in [0.25, 0.3) is 0 Å². The number of carbonyl (C=O) groups is 4. The Morgan fingerprint density at radius 1 is 0.466 bits per heavy atom. The molecule has 0 aromatic heterocycles. The van der Waals surface area contributed by atoms with Crippen molar-refractivity contribution in [3.8, 4) is 11.5 Å². The lowest BCUT2D eigenvalue weighted by Crippen LogP contribution is -2.47. The summed E-state index contributed by atoms with van der Waals surface area (Å²) in [6.45, 7) is 7.45. The van der Waals surface area contributed by atoms with E-state index in [2.05, 4.69) is 34.9 Å². The second-order valence-corrected chi connectivity index (χ2v) is 14.9. The van der Waals surface area contributed by atoms with E-state index in [1.807, 2.05) is 86.6 Å². The zero-order chi connectivity index (χ0) is 41.6. The Morgan fingerprint density at radius 3 is 1.17 bits per heavy atom.